The minimum absolute atomic E-state index is 0.0902. The number of fused-ring (bicyclic) bond motifs is 1. The minimum atomic E-state index is -0.499. The first kappa shape index (κ1) is 21.4. The summed E-state index contributed by atoms with van der Waals surface area (Å²) in [6.45, 7) is 0.571. The molecule has 0 unspecified atom stereocenters. The number of carbonyl (C=O) groups is 2. The highest BCUT2D eigenvalue weighted by Crippen LogP contribution is 2.41. The van der Waals surface area contributed by atoms with E-state index in [1.165, 1.54) is 31.4 Å². The Morgan fingerprint density at radius 3 is 2.26 bits per heavy atom. The molecule has 2 amide bonds. The van der Waals surface area contributed by atoms with Crippen molar-refractivity contribution in [3.63, 3.8) is 0 Å². The fourth-order valence-corrected chi connectivity index (χ4v) is 4.58. The third-order valence-electron chi connectivity index (χ3n) is 6.13. The molecule has 0 radical (unpaired) electrons. The van der Waals surface area contributed by atoms with Crippen LogP contribution in [-0.2, 0) is 16.0 Å². The smallest absolute Gasteiger partial charge is 0.282 e. The molecule has 3 aromatic carbocycles. The number of hydrogen-bond acceptors (Lipinski definition) is 6. The van der Waals surface area contributed by atoms with Crippen molar-refractivity contribution < 1.29 is 19.2 Å². The molecule has 3 aromatic rings. The summed E-state index contributed by atoms with van der Waals surface area (Å²) in [5.41, 5.74) is 3.15. The van der Waals surface area contributed by atoms with Crippen molar-refractivity contribution in [2.24, 2.45) is 0 Å². The molecule has 0 N–H and O–H groups in total. The molecule has 0 saturated carbocycles. The maximum absolute atomic E-state index is 13.9. The molecule has 8 heteroatoms. The number of para-hydroxylation sites is 3. The van der Waals surface area contributed by atoms with Crippen molar-refractivity contribution in [2.75, 3.05) is 23.5 Å². The Labute approximate surface area is 195 Å². The Hall–Kier alpha value is -4.46. The molecule has 2 aliphatic rings. The average molecular weight is 455 g/mol. The molecule has 2 heterocycles. The fraction of sp³-hybridized carbons (Fsp3) is 0.154. The average Bonchev–Trinajstić information content (AvgIpc) is 3.13. The van der Waals surface area contributed by atoms with Gasteiger partial charge in [-0.2, -0.15) is 0 Å². The molecule has 170 valence electrons. The van der Waals surface area contributed by atoms with E-state index < -0.39 is 16.7 Å². The van der Waals surface area contributed by atoms with E-state index in [-0.39, 0.29) is 17.0 Å². The molecule has 0 aliphatic carbocycles. The number of carbonyl (C=O) groups excluding carboxylic acids is 2. The highest BCUT2D eigenvalue weighted by atomic mass is 16.6. The number of rotatable bonds is 5. The number of anilines is 2. The van der Waals surface area contributed by atoms with Gasteiger partial charge < -0.3 is 9.64 Å². The molecular weight excluding hydrogens is 434 g/mol. The Morgan fingerprint density at radius 2 is 1.56 bits per heavy atom. The lowest BCUT2D eigenvalue weighted by atomic mass is 9.98. The van der Waals surface area contributed by atoms with Crippen molar-refractivity contribution in [3.8, 4) is 5.75 Å². The van der Waals surface area contributed by atoms with Gasteiger partial charge in [-0.15, -0.1) is 0 Å². The van der Waals surface area contributed by atoms with Crippen LogP contribution in [-0.4, -0.2) is 30.4 Å². The second-order valence-electron chi connectivity index (χ2n) is 8.03. The Bertz CT molecular complexity index is 1350. The van der Waals surface area contributed by atoms with Gasteiger partial charge in [-0.25, -0.2) is 4.90 Å². The summed E-state index contributed by atoms with van der Waals surface area (Å²) in [5, 5.41) is 11.1. The van der Waals surface area contributed by atoms with Crippen molar-refractivity contribution in [1.29, 1.82) is 0 Å². The first-order valence-corrected chi connectivity index (χ1v) is 10.9. The van der Waals surface area contributed by atoms with Gasteiger partial charge in [-0.05, 0) is 54.3 Å². The number of nitro groups is 1. The third-order valence-corrected chi connectivity index (χ3v) is 6.13. The monoisotopic (exact) mass is 455 g/mol. The summed E-state index contributed by atoms with van der Waals surface area (Å²) in [4.78, 5) is 41.4. The van der Waals surface area contributed by atoms with Gasteiger partial charge in [-0.1, -0.05) is 30.3 Å². The standard InChI is InChI=1S/C26H21N3O5/c1-34-22-11-5-4-10-21(22)28-25(30)23(18-12-14-19(15-13-18)29(32)33)24(26(28)31)27-16-6-8-17-7-2-3-9-20(17)27/h2-5,7,9-15H,6,8,16H2,1H3. The molecule has 0 aromatic heterocycles. The first-order chi connectivity index (χ1) is 16.5. The first-order valence-electron chi connectivity index (χ1n) is 10.9. The fourth-order valence-electron chi connectivity index (χ4n) is 4.58. The largest absolute Gasteiger partial charge is 0.495 e. The molecule has 0 spiro atoms. The molecule has 2 aliphatic heterocycles. The Morgan fingerprint density at radius 1 is 0.882 bits per heavy atom. The van der Waals surface area contributed by atoms with Gasteiger partial charge in [0.05, 0.1) is 23.3 Å². The van der Waals surface area contributed by atoms with Crippen LogP contribution in [0.4, 0.5) is 17.1 Å². The number of nitro benzene ring substituents is 1. The lowest BCUT2D eigenvalue weighted by molar-refractivity contribution is -0.384. The molecule has 0 bridgehead atoms. The van der Waals surface area contributed by atoms with Gasteiger partial charge in [0.1, 0.15) is 11.4 Å². The zero-order valence-corrected chi connectivity index (χ0v) is 18.4. The lowest BCUT2D eigenvalue weighted by Gasteiger charge is -2.32. The van der Waals surface area contributed by atoms with Crippen LogP contribution >= 0.6 is 0 Å². The summed E-state index contributed by atoms with van der Waals surface area (Å²) in [6, 6.07) is 20.4. The van der Waals surface area contributed by atoms with Crippen molar-refractivity contribution in [2.45, 2.75) is 12.8 Å². The molecule has 0 saturated heterocycles. The zero-order valence-electron chi connectivity index (χ0n) is 18.4. The summed E-state index contributed by atoms with van der Waals surface area (Å²) in [7, 11) is 1.48. The van der Waals surface area contributed by atoms with Gasteiger partial charge >= 0.3 is 0 Å². The second-order valence-corrected chi connectivity index (χ2v) is 8.03. The molecule has 0 fully saturated rings. The highest BCUT2D eigenvalue weighted by Gasteiger charge is 2.44. The molecule has 34 heavy (non-hydrogen) atoms. The van der Waals surface area contributed by atoms with Gasteiger partial charge in [0.2, 0.25) is 0 Å². The van der Waals surface area contributed by atoms with Crippen molar-refractivity contribution in [3.05, 3.63) is 99.7 Å². The van der Waals surface area contributed by atoms with E-state index in [0.717, 1.165) is 29.0 Å². The van der Waals surface area contributed by atoms with Crippen molar-refractivity contribution >= 4 is 34.4 Å². The number of aryl methyl sites for hydroxylation is 1. The Balaban J connectivity index is 1.70. The summed E-state index contributed by atoms with van der Waals surface area (Å²) in [5.74, 6) is -0.562. The van der Waals surface area contributed by atoms with E-state index >= 15 is 0 Å². The number of nitrogens with zero attached hydrogens (tertiary/aromatic N) is 3. The predicted octanol–water partition coefficient (Wildman–Crippen LogP) is 4.34. The number of methoxy groups -OCH3 is 1. The highest BCUT2D eigenvalue weighted by molar-refractivity contribution is 6.46. The van der Waals surface area contributed by atoms with Crippen LogP contribution < -0.4 is 14.5 Å². The number of ether oxygens (including phenoxy) is 1. The van der Waals surface area contributed by atoms with Gasteiger partial charge in [0, 0.05) is 24.4 Å². The van der Waals surface area contributed by atoms with Crippen LogP contribution in [0, 0.1) is 10.1 Å². The number of benzene rings is 3. The number of imide groups is 1. The molecule has 8 nitrogen and oxygen atoms in total. The molecule has 0 atom stereocenters. The van der Waals surface area contributed by atoms with Crippen LogP contribution in [0.2, 0.25) is 0 Å². The van der Waals surface area contributed by atoms with Crippen LogP contribution in [0.5, 0.6) is 5.75 Å². The maximum Gasteiger partial charge on any atom is 0.282 e. The predicted molar refractivity (Wildman–Crippen MR) is 128 cm³/mol. The van der Waals surface area contributed by atoms with Gasteiger partial charge in [0.25, 0.3) is 17.5 Å². The van der Waals surface area contributed by atoms with E-state index in [1.807, 2.05) is 29.2 Å². The number of amides is 2. The van der Waals surface area contributed by atoms with E-state index in [9.17, 15) is 19.7 Å². The van der Waals surface area contributed by atoms with E-state index in [1.54, 1.807) is 24.3 Å². The number of non-ortho nitro benzene ring substituents is 1. The zero-order chi connectivity index (χ0) is 23.8. The number of hydrogen-bond donors (Lipinski definition) is 0. The maximum atomic E-state index is 13.9. The van der Waals surface area contributed by atoms with Gasteiger partial charge in [-0.3, -0.25) is 19.7 Å². The topological polar surface area (TPSA) is 93.0 Å². The molecule has 5 rings (SSSR count). The summed E-state index contributed by atoms with van der Waals surface area (Å²) >= 11 is 0. The van der Waals surface area contributed by atoms with Crippen LogP contribution in [0.1, 0.15) is 17.5 Å². The second kappa shape index (κ2) is 8.47. The van der Waals surface area contributed by atoms with Crippen LogP contribution in [0.25, 0.3) is 5.57 Å². The van der Waals surface area contributed by atoms with Crippen molar-refractivity contribution in [1.82, 2.24) is 0 Å². The third kappa shape index (κ3) is 3.40. The normalized spacial score (nSPS) is 15.6. The van der Waals surface area contributed by atoms with Gasteiger partial charge in [0.15, 0.2) is 0 Å². The summed E-state index contributed by atoms with van der Waals surface area (Å²) < 4.78 is 5.42. The molecular formula is C26H21N3O5. The SMILES string of the molecule is COc1ccccc1N1C(=O)C(c2ccc([N+](=O)[O-])cc2)=C(N2CCCc3ccccc32)C1=O. The Kier molecular flexibility index (Phi) is 5.33. The quantitative estimate of drug-likeness (QED) is 0.323. The van der Waals surface area contributed by atoms with E-state index in [2.05, 4.69) is 0 Å². The van der Waals surface area contributed by atoms with E-state index in [4.69, 9.17) is 4.74 Å². The summed E-state index contributed by atoms with van der Waals surface area (Å²) in [6.07, 6.45) is 1.70. The lowest BCUT2D eigenvalue weighted by Crippen LogP contribution is -2.37. The minimum Gasteiger partial charge on any atom is -0.495 e. The van der Waals surface area contributed by atoms with Crippen LogP contribution in [0.15, 0.2) is 78.5 Å². The van der Waals surface area contributed by atoms with E-state index in [0.29, 0.717) is 23.5 Å². The van der Waals surface area contributed by atoms with Crippen LogP contribution in [0.3, 0.4) is 0 Å².